The highest BCUT2D eigenvalue weighted by Crippen LogP contribution is 2.39. The van der Waals surface area contributed by atoms with E-state index >= 15 is 0 Å². The normalized spacial score (nSPS) is 12.4. The number of esters is 2. The van der Waals surface area contributed by atoms with Gasteiger partial charge in [-0.1, -0.05) is 25.1 Å². The third kappa shape index (κ3) is 4.58. The van der Waals surface area contributed by atoms with Gasteiger partial charge >= 0.3 is 11.9 Å². The van der Waals surface area contributed by atoms with Crippen molar-refractivity contribution in [2.45, 2.75) is 46.1 Å². The standard InChI is InChI=1S/C24H25N3O6S/c1-3-12-27-22(29)15-9-6-5-8-14(15)20(26-27)24(31)33-13-18(28)25-21-19(23(30)32-4-2)16-10-7-11-17(16)34-21/h5-6,8-9H,3-4,7,10-13H2,1-2H3,(H,25,28). The topological polar surface area (TPSA) is 117 Å². The Morgan fingerprint density at radius 3 is 2.59 bits per heavy atom. The Balaban J connectivity index is 1.51. The van der Waals surface area contributed by atoms with E-state index in [0.717, 1.165) is 29.7 Å². The summed E-state index contributed by atoms with van der Waals surface area (Å²) in [6, 6.07) is 6.66. The van der Waals surface area contributed by atoms with E-state index < -0.39 is 24.5 Å². The van der Waals surface area contributed by atoms with Crippen LogP contribution in [0.1, 0.15) is 58.0 Å². The van der Waals surface area contributed by atoms with Crippen molar-refractivity contribution in [1.29, 1.82) is 0 Å². The minimum Gasteiger partial charge on any atom is -0.462 e. The molecule has 1 amide bonds. The number of carbonyl (C=O) groups is 3. The minimum absolute atomic E-state index is 0.0289. The second kappa shape index (κ2) is 10.2. The first-order valence-electron chi connectivity index (χ1n) is 11.2. The number of nitrogens with zero attached hydrogens (tertiary/aromatic N) is 2. The smallest absolute Gasteiger partial charge is 0.359 e. The lowest BCUT2D eigenvalue weighted by molar-refractivity contribution is -0.119. The van der Waals surface area contributed by atoms with Crippen LogP contribution in [0.4, 0.5) is 5.00 Å². The minimum atomic E-state index is -0.810. The van der Waals surface area contributed by atoms with Crippen molar-refractivity contribution in [3.05, 3.63) is 56.3 Å². The highest BCUT2D eigenvalue weighted by Gasteiger charge is 2.28. The number of ether oxygens (including phenoxy) is 2. The summed E-state index contributed by atoms with van der Waals surface area (Å²) in [5.74, 6) is -1.86. The fraction of sp³-hybridized carbons (Fsp3) is 0.375. The Bertz CT molecular complexity index is 1330. The third-order valence-corrected chi connectivity index (χ3v) is 6.69. The Hall–Kier alpha value is -3.53. The number of carbonyl (C=O) groups excluding carboxylic acids is 3. The molecule has 1 N–H and O–H groups in total. The molecule has 0 radical (unpaired) electrons. The highest BCUT2D eigenvalue weighted by molar-refractivity contribution is 7.17. The summed E-state index contributed by atoms with van der Waals surface area (Å²) >= 11 is 1.35. The van der Waals surface area contributed by atoms with Crippen LogP contribution in [0.3, 0.4) is 0 Å². The lowest BCUT2D eigenvalue weighted by Gasteiger charge is -2.11. The van der Waals surface area contributed by atoms with Gasteiger partial charge in [0.2, 0.25) is 0 Å². The van der Waals surface area contributed by atoms with E-state index in [9.17, 15) is 19.2 Å². The van der Waals surface area contributed by atoms with E-state index in [1.807, 2.05) is 6.92 Å². The number of thiophene rings is 1. The Labute approximate surface area is 199 Å². The van der Waals surface area contributed by atoms with Crippen molar-refractivity contribution in [1.82, 2.24) is 9.78 Å². The second-order valence-corrected chi connectivity index (χ2v) is 8.93. The molecule has 4 rings (SSSR count). The maximum Gasteiger partial charge on any atom is 0.359 e. The molecule has 1 aliphatic rings. The number of amides is 1. The van der Waals surface area contributed by atoms with Gasteiger partial charge in [0.1, 0.15) is 5.00 Å². The zero-order valence-corrected chi connectivity index (χ0v) is 19.8. The van der Waals surface area contributed by atoms with Crippen LogP contribution >= 0.6 is 11.3 Å². The summed E-state index contributed by atoms with van der Waals surface area (Å²) in [5, 5.41) is 8.00. The molecule has 0 saturated heterocycles. The Kier molecular flexibility index (Phi) is 7.06. The predicted molar refractivity (Wildman–Crippen MR) is 128 cm³/mol. The Morgan fingerprint density at radius 2 is 1.85 bits per heavy atom. The number of aromatic nitrogens is 2. The van der Waals surface area contributed by atoms with Crippen LogP contribution in [0.15, 0.2) is 29.1 Å². The molecule has 1 aliphatic carbocycles. The zero-order valence-electron chi connectivity index (χ0n) is 19.0. The summed E-state index contributed by atoms with van der Waals surface area (Å²) < 4.78 is 11.6. The first-order valence-corrected chi connectivity index (χ1v) is 12.0. The maximum atomic E-state index is 12.8. The quantitative estimate of drug-likeness (QED) is 0.489. The van der Waals surface area contributed by atoms with E-state index in [4.69, 9.17) is 9.47 Å². The van der Waals surface area contributed by atoms with Gasteiger partial charge in [0.25, 0.3) is 11.5 Å². The zero-order chi connectivity index (χ0) is 24.2. The van der Waals surface area contributed by atoms with Crippen molar-refractivity contribution in [3.8, 4) is 0 Å². The Morgan fingerprint density at radius 1 is 1.09 bits per heavy atom. The van der Waals surface area contributed by atoms with Crippen LogP contribution in [0.5, 0.6) is 0 Å². The first kappa shape index (κ1) is 23.6. The molecule has 10 heteroatoms. The van der Waals surface area contributed by atoms with Gasteiger partial charge in [0.15, 0.2) is 12.3 Å². The molecule has 0 spiro atoms. The lowest BCUT2D eigenvalue weighted by Crippen LogP contribution is -2.27. The van der Waals surface area contributed by atoms with Crippen LogP contribution < -0.4 is 10.9 Å². The fourth-order valence-electron chi connectivity index (χ4n) is 4.02. The predicted octanol–water partition coefficient (Wildman–Crippen LogP) is 3.33. The molecule has 0 atom stereocenters. The van der Waals surface area contributed by atoms with Gasteiger partial charge in [-0.2, -0.15) is 5.10 Å². The fourth-order valence-corrected chi connectivity index (χ4v) is 5.32. The molecule has 2 aromatic heterocycles. The average Bonchev–Trinajstić information content (AvgIpc) is 3.40. The molecule has 0 bridgehead atoms. The molecule has 0 aliphatic heterocycles. The molecular formula is C24H25N3O6S. The van der Waals surface area contributed by atoms with E-state index in [1.165, 1.54) is 16.0 Å². The largest absolute Gasteiger partial charge is 0.462 e. The van der Waals surface area contributed by atoms with E-state index in [-0.39, 0.29) is 17.9 Å². The first-order chi connectivity index (χ1) is 16.4. The molecule has 2 heterocycles. The third-order valence-electron chi connectivity index (χ3n) is 5.48. The van der Waals surface area contributed by atoms with E-state index in [1.54, 1.807) is 31.2 Å². The number of fused-ring (bicyclic) bond motifs is 2. The van der Waals surface area contributed by atoms with Crippen LogP contribution in [0.25, 0.3) is 10.8 Å². The van der Waals surface area contributed by atoms with Crippen LogP contribution in [0.2, 0.25) is 0 Å². The summed E-state index contributed by atoms with van der Waals surface area (Å²) in [6.07, 6.45) is 3.23. The molecule has 0 saturated carbocycles. The molecule has 0 fully saturated rings. The number of aryl methyl sites for hydroxylation is 2. The molecular weight excluding hydrogens is 458 g/mol. The molecule has 34 heavy (non-hydrogen) atoms. The molecule has 178 valence electrons. The summed E-state index contributed by atoms with van der Waals surface area (Å²) in [4.78, 5) is 51.5. The average molecular weight is 484 g/mol. The van der Waals surface area contributed by atoms with Gasteiger partial charge in [0, 0.05) is 16.8 Å². The number of benzene rings is 1. The van der Waals surface area contributed by atoms with Gasteiger partial charge in [-0.3, -0.25) is 9.59 Å². The van der Waals surface area contributed by atoms with E-state index in [2.05, 4.69) is 10.4 Å². The van der Waals surface area contributed by atoms with Crippen LogP contribution in [-0.4, -0.2) is 40.8 Å². The van der Waals surface area contributed by atoms with Crippen LogP contribution in [-0.2, 0) is 33.7 Å². The maximum absolute atomic E-state index is 12.8. The molecule has 1 aromatic carbocycles. The number of hydrogen-bond donors (Lipinski definition) is 1. The van der Waals surface area contributed by atoms with Gasteiger partial charge in [-0.05, 0) is 44.2 Å². The summed E-state index contributed by atoms with van der Waals surface area (Å²) in [5.41, 5.74) is 0.991. The van der Waals surface area contributed by atoms with Gasteiger partial charge in [-0.25, -0.2) is 14.3 Å². The van der Waals surface area contributed by atoms with E-state index in [0.29, 0.717) is 34.3 Å². The van der Waals surface area contributed by atoms with Gasteiger partial charge in [0.05, 0.1) is 17.6 Å². The SMILES string of the molecule is CCCn1nc(C(=O)OCC(=O)Nc2sc3c(c2C(=O)OCC)CCC3)c2ccccc2c1=O. The van der Waals surface area contributed by atoms with Crippen molar-refractivity contribution >= 4 is 45.0 Å². The summed E-state index contributed by atoms with van der Waals surface area (Å²) in [6.45, 7) is 3.65. The number of rotatable bonds is 8. The lowest BCUT2D eigenvalue weighted by atomic mass is 10.1. The molecule has 3 aromatic rings. The summed E-state index contributed by atoms with van der Waals surface area (Å²) in [7, 11) is 0. The van der Waals surface area contributed by atoms with Crippen molar-refractivity contribution in [3.63, 3.8) is 0 Å². The van der Waals surface area contributed by atoms with Crippen LogP contribution in [0, 0.1) is 0 Å². The highest BCUT2D eigenvalue weighted by atomic mass is 32.1. The van der Waals surface area contributed by atoms with Gasteiger partial charge < -0.3 is 14.8 Å². The van der Waals surface area contributed by atoms with Crippen molar-refractivity contribution in [2.75, 3.05) is 18.5 Å². The molecule has 0 unspecified atom stereocenters. The number of anilines is 1. The monoisotopic (exact) mass is 483 g/mol. The second-order valence-electron chi connectivity index (χ2n) is 7.83. The number of hydrogen-bond acceptors (Lipinski definition) is 8. The van der Waals surface area contributed by atoms with Crippen molar-refractivity contribution in [2.24, 2.45) is 0 Å². The number of nitrogens with one attached hydrogen (secondary N) is 1. The van der Waals surface area contributed by atoms with Crippen molar-refractivity contribution < 1.29 is 23.9 Å². The molecule has 9 nitrogen and oxygen atoms in total. The van der Waals surface area contributed by atoms with Gasteiger partial charge in [-0.15, -0.1) is 11.3 Å².